The first-order valence-corrected chi connectivity index (χ1v) is 7.42. The van der Waals surface area contributed by atoms with E-state index in [1.165, 1.54) is 0 Å². The predicted molar refractivity (Wildman–Crippen MR) is 90.1 cm³/mol. The summed E-state index contributed by atoms with van der Waals surface area (Å²) >= 11 is 5.32. The van der Waals surface area contributed by atoms with Gasteiger partial charge in [-0.3, -0.25) is 9.69 Å². The number of hydrogen-bond donors (Lipinski definition) is 1. The number of ether oxygens (including phenoxy) is 1. The monoisotopic (exact) mass is 312 g/mol. The zero-order chi connectivity index (χ0) is 15.5. The number of carbonyl (C=O) groups is 1. The van der Waals surface area contributed by atoms with Gasteiger partial charge in [0.1, 0.15) is 11.8 Å². The first-order valence-electron chi connectivity index (χ1n) is 7.01. The second-order valence-corrected chi connectivity index (χ2v) is 5.45. The molecule has 2 aromatic rings. The van der Waals surface area contributed by atoms with Gasteiger partial charge in [-0.1, -0.05) is 30.3 Å². The summed E-state index contributed by atoms with van der Waals surface area (Å²) < 4.78 is 5.13. The summed E-state index contributed by atoms with van der Waals surface area (Å²) in [5.74, 6) is 0.717. The van der Waals surface area contributed by atoms with Crippen LogP contribution in [0.1, 0.15) is 5.56 Å². The van der Waals surface area contributed by atoms with Gasteiger partial charge in [-0.2, -0.15) is 0 Å². The molecule has 0 spiro atoms. The number of anilines is 1. The molecule has 4 nitrogen and oxygen atoms in total. The van der Waals surface area contributed by atoms with E-state index in [0.717, 1.165) is 17.0 Å². The number of rotatable bonds is 4. The highest BCUT2D eigenvalue weighted by molar-refractivity contribution is 7.80. The molecule has 1 fully saturated rings. The third-order valence-electron chi connectivity index (χ3n) is 3.63. The van der Waals surface area contributed by atoms with Crippen molar-refractivity contribution in [1.82, 2.24) is 5.32 Å². The van der Waals surface area contributed by atoms with Gasteiger partial charge in [-0.15, -0.1) is 0 Å². The molecular formula is C17H16N2O2S. The lowest BCUT2D eigenvalue weighted by Gasteiger charge is -2.15. The number of hydrogen-bond acceptors (Lipinski definition) is 3. The number of thiocarbonyl (C=S) groups is 1. The molecule has 112 valence electrons. The second kappa shape index (κ2) is 6.15. The van der Waals surface area contributed by atoms with E-state index in [1.807, 2.05) is 54.6 Å². The molecule has 1 aliphatic rings. The molecule has 0 unspecified atom stereocenters. The van der Waals surface area contributed by atoms with Crippen LogP contribution in [-0.4, -0.2) is 24.2 Å². The lowest BCUT2D eigenvalue weighted by molar-refractivity contribution is -0.118. The fourth-order valence-electron chi connectivity index (χ4n) is 2.50. The summed E-state index contributed by atoms with van der Waals surface area (Å²) in [7, 11) is 1.61. The smallest absolute Gasteiger partial charge is 0.256 e. The molecule has 0 aromatic heterocycles. The third-order valence-corrected chi connectivity index (χ3v) is 3.93. The molecule has 2 aromatic carbocycles. The summed E-state index contributed by atoms with van der Waals surface area (Å²) in [6.45, 7) is 0. The highest BCUT2D eigenvalue weighted by Crippen LogP contribution is 2.23. The van der Waals surface area contributed by atoms with Crippen LogP contribution in [0, 0.1) is 0 Å². The van der Waals surface area contributed by atoms with E-state index < -0.39 is 0 Å². The summed E-state index contributed by atoms with van der Waals surface area (Å²) in [5, 5.41) is 3.55. The van der Waals surface area contributed by atoms with Crippen molar-refractivity contribution in [2.24, 2.45) is 0 Å². The lowest BCUT2D eigenvalue weighted by Crippen LogP contribution is -2.32. The Bertz CT molecular complexity index is 686. The van der Waals surface area contributed by atoms with Gasteiger partial charge in [-0.05, 0) is 42.0 Å². The minimum absolute atomic E-state index is 0.0287. The average molecular weight is 312 g/mol. The number of nitrogens with one attached hydrogen (secondary N) is 1. The number of benzene rings is 2. The van der Waals surface area contributed by atoms with Crippen LogP contribution in [0.4, 0.5) is 5.69 Å². The summed E-state index contributed by atoms with van der Waals surface area (Å²) in [5.41, 5.74) is 1.85. The van der Waals surface area contributed by atoms with Crippen LogP contribution >= 0.6 is 12.2 Å². The van der Waals surface area contributed by atoms with Crippen molar-refractivity contribution in [3.05, 3.63) is 60.2 Å². The Morgan fingerprint density at radius 3 is 2.45 bits per heavy atom. The Balaban J connectivity index is 1.79. The van der Waals surface area contributed by atoms with Crippen LogP contribution < -0.4 is 15.0 Å². The Hall–Kier alpha value is -2.40. The van der Waals surface area contributed by atoms with E-state index in [2.05, 4.69) is 5.32 Å². The van der Waals surface area contributed by atoms with Crippen molar-refractivity contribution in [2.75, 3.05) is 12.0 Å². The van der Waals surface area contributed by atoms with Crippen LogP contribution in [-0.2, 0) is 11.2 Å². The number of amides is 1. The molecule has 1 saturated heterocycles. The molecule has 1 aliphatic heterocycles. The van der Waals surface area contributed by atoms with Gasteiger partial charge < -0.3 is 10.1 Å². The van der Waals surface area contributed by atoms with Gasteiger partial charge in [0, 0.05) is 6.42 Å². The minimum Gasteiger partial charge on any atom is -0.497 e. The highest BCUT2D eigenvalue weighted by Gasteiger charge is 2.36. The molecule has 1 heterocycles. The molecule has 1 atom stereocenters. The molecule has 0 saturated carbocycles. The number of methoxy groups -OCH3 is 1. The molecule has 5 heteroatoms. The summed E-state index contributed by atoms with van der Waals surface area (Å²) in [4.78, 5) is 14.2. The van der Waals surface area contributed by atoms with Crippen LogP contribution in [0.15, 0.2) is 54.6 Å². The van der Waals surface area contributed by atoms with E-state index in [4.69, 9.17) is 17.0 Å². The largest absolute Gasteiger partial charge is 0.497 e. The van der Waals surface area contributed by atoms with E-state index in [-0.39, 0.29) is 11.9 Å². The normalized spacial score (nSPS) is 17.5. The van der Waals surface area contributed by atoms with Gasteiger partial charge >= 0.3 is 0 Å². The van der Waals surface area contributed by atoms with Gasteiger partial charge in [0.25, 0.3) is 5.91 Å². The SMILES string of the molecule is COc1ccc(N2C(=O)[C@@H](Cc3ccccc3)NC2=S)cc1. The molecule has 0 bridgehead atoms. The van der Waals surface area contributed by atoms with Gasteiger partial charge in [0.15, 0.2) is 5.11 Å². The third kappa shape index (κ3) is 2.80. The predicted octanol–water partition coefficient (Wildman–Crippen LogP) is 2.53. The maximum Gasteiger partial charge on any atom is 0.256 e. The molecule has 0 radical (unpaired) electrons. The fourth-order valence-corrected chi connectivity index (χ4v) is 2.83. The Morgan fingerprint density at radius 1 is 1.14 bits per heavy atom. The van der Waals surface area contributed by atoms with Crippen LogP contribution in [0.5, 0.6) is 5.75 Å². The molecule has 3 rings (SSSR count). The van der Waals surface area contributed by atoms with Crippen LogP contribution in [0.3, 0.4) is 0 Å². The zero-order valence-electron chi connectivity index (χ0n) is 12.2. The zero-order valence-corrected chi connectivity index (χ0v) is 13.0. The van der Waals surface area contributed by atoms with Gasteiger partial charge in [0.05, 0.1) is 12.8 Å². The van der Waals surface area contributed by atoms with Gasteiger partial charge in [-0.25, -0.2) is 0 Å². The molecule has 1 N–H and O–H groups in total. The summed E-state index contributed by atoms with van der Waals surface area (Å²) in [6, 6.07) is 16.9. The van der Waals surface area contributed by atoms with Crippen LogP contribution in [0.25, 0.3) is 0 Å². The topological polar surface area (TPSA) is 41.6 Å². The Morgan fingerprint density at radius 2 is 1.82 bits per heavy atom. The average Bonchev–Trinajstić information content (AvgIpc) is 2.82. The fraction of sp³-hybridized carbons (Fsp3) is 0.176. The molecule has 0 aliphatic carbocycles. The van der Waals surface area contributed by atoms with Crippen molar-refractivity contribution in [3.63, 3.8) is 0 Å². The second-order valence-electron chi connectivity index (χ2n) is 5.06. The molecular weight excluding hydrogens is 296 g/mol. The number of carbonyl (C=O) groups excluding carboxylic acids is 1. The first-order chi connectivity index (χ1) is 10.7. The maximum atomic E-state index is 12.6. The number of nitrogens with zero attached hydrogens (tertiary/aromatic N) is 1. The van der Waals surface area contributed by atoms with Crippen molar-refractivity contribution >= 4 is 28.9 Å². The lowest BCUT2D eigenvalue weighted by atomic mass is 10.1. The minimum atomic E-state index is -0.322. The van der Waals surface area contributed by atoms with Gasteiger partial charge in [0.2, 0.25) is 0 Å². The van der Waals surface area contributed by atoms with E-state index >= 15 is 0 Å². The Labute approximate surface area is 134 Å². The van der Waals surface area contributed by atoms with Crippen molar-refractivity contribution in [3.8, 4) is 5.75 Å². The standard InChI is InChI=1S/C17H16N2O2S/c1-21-14-9-7-13(8-10-14)19-16(20)15(18-17(19)22)11-12-5-3-2-4-6-12/h2-10,15H,11H2,1H3,(H,18,22)/t15-/m1/s1. The maximum absolute atomic E-state index is 12.6. The summed E-state index contributed by atoms with van der Waals surface area (Å²) in [6.07, 6.45) is 0.618. The van der Waals surface area contributed by atoms with Crippen LogP contribution in [0.2, 0.25) is 0 Å². The molecule has 1 amide bonds. The van der Waals surface area contributed by atoms with Crippen molar-refractivity contribution in [1.29, 1.82) is 0 Å². The quantitative estimate of drug-likeness (QED) is 0.881. The van der Waals surface area contributed by atoms with E-state index in [1.54, 1.807) is 12.0 Å². The Kier molecular flexibility index (Phi) is 4.06. The first kappa shape index (κ1) is 14.5. The van der Waals surface area contributed by atoms with Crippen molar-refractivity contribution < 1.29 is 9.53 Å². The molecule has 22 heavy (non-hydrogen) atoms. The van der Waals surface area contributed by atoms with Crippen molar-refractivity contribution in [2.45, 2.75) is 12.5 Å². The van der Waals surface area contributed by atoms with E-state index in [0.29, 0.717) is 11.5 Å². The highest BCUT2D eigenvalue weighted by atomic mass is 32.1. The van der Waals surface area contributed by atoms with E-state index in [9.17, 15) is 4.79 Å².